The summed E-state index contributed by atoms with van der Waals surface area (Å²) in [4.78, 5) is 12.3. The zero-order valence-corrected chi connectivity index (χ0v) is 11.3. The molecule has 1 saturated carbocycles. The first-order valence-corrected chi connectivity index (χ1v) is 6.79. The van der Waals surface area contributed by atoms with E-state index in [-0.39, 0.29) is 17.3 Å². The summed E-state index contributed by atoms with van der Waals surface area (Å²) >= 11 is 0. The van der Waals surface area contributed by atoms with Crippen LogP contribution < -0.4 is 0 Å². The number of carbonyl (C=O) groups excluding carboxylic acids is 1. The smallest absolute Gasteiger partial charge is 0.339 e. The Morgan fingerprint density at radius 2 is 2.16 bits per heavy atom. The molecule has 1 N–H and O–H groups in total. The molecule has 2 rings (SSSR count). The van der Waals surface area contributed by atoms with Crippen molar-refractivity contribution in [3.63, 3.8) is 0 Å². The normalized spacial score (nSPS) is 17.1. The SMILES string of the molecule is C=Cc1ccc(O)cc1C(=O)OC1(CC)CCCC1. The quantitative estimate of drug-likeness (QED) is 0.835. The van der Waals surface area contributed by atoms with Gasteiger partial charge in [0.05, 0.1) is 5.56 Å². The van der Waals surface area contributed by atoms with Gasteiger partial charge < -0.3 is 9.84 Å². The number of aromatic hydroxyl groups is 1. The number of hydrogen-bond acceptors (Lipinski definition) is 3. The monoisotopic (exact) mass is 260 g/mol. The molecule has 1 aromatic carbocycles. The number of esters is 1. The van der Waals surface area contributed by atoms with E-state index in [9.17, 15) is 9.90 Å². The standard InChI is InChI=1S/C16H20O3/c1-3-12-7-8-13(17)11-14(12)15(18)19-16(4-2)9-5-6-10-16/h3,7-8,11,17H,1,4-6,9-10H2,2H3. The molecule has 3 nitrogen and oxygen atoms in total. The predicted octanol–water partition coefficient (Wildman–Crippen LogP) is 3.91. The van der Waals surface area contributed by atoms with Crippen LogP contribution in [-0.2, 0) is 4.74 Å². The molecule has 0 saturated heterocycles. The van der Waals surface area contributed by atoms with Crippen LogP contribution >= 0.6 is 0 Å². The highest BCUT2D eigenvalue weighted by Crippen LogP contribution is 2.37. The molecule has 0 aromatic heterocycles. The van der Waals surface area contributed by atoms with Crippen molar-refractivity contribution in [1.29, 1.82) is 0 Å². The molecule has 0 unspecified atom stereocenters. The van der Waals surface area contributed by atoms with E-state index in [1.54, 1.807) is 18.2 Å². The summed E-state index contributed by atoms with van der Waals surface area (Å²) in [5.74, 6) is -0.302. The van der Waals surface area contributed by atoms with Crippen molar-refractivity contribution in [2.45, 2.75) is 44.6 Å². The number of carbonyl (C=O) groups is 1. The minimum absolute atomic E-state index is 0.0644. The Kier molecular flexibility index (Phi) is 3.93. The largest absolute Gasteiger partial charge is 0.508 e. The van der Waals surface area contributed by atoms with E-state index in [1.165, 1.54) is 6.07 Å². The third-order valence-corrected chi connectivity index (χ3v) is 3.95. The Morgan fingerprint density at radius 1 is 1.47 bits per heavy atom. The van der Waals surface area contributed by atoms with Gasteiger partial charge in [0.15, 0.2) is 0 Å². The molecule has 1 aliphatic rings. The maximum absolute atomic E-state index is 12.3. The van der Waals surface area contributed by atoms with E-state index in [0.717, 1.165) is 32.1 Å². The molecule has 1 aromatic rings. The highest BCUT2D eigenvalue weighted by atomic mass is 16.6. The van der Waals surface area contributed by atoms with Crippen LogP contribution in [0.2, 0.25) is 0 Å². The average molecular weight is 260 g/mol. The zero-order chi connectivity index (χ0) is 13.9. The lowest BCUT2D eigenvalue weighted by atomic mass is 9.98. The van der Waals surface area contributed by atoms with Crippen LogP contribution in [0.5, 0.6) is 5.75 Å². The van der Waals surface area contributed by atoms with Gasteiger partial charge in [-0.15, -0.1) is 0 Å². The molecule has 0 radical (unpaired) electrons. The molecule has 0 spiro atoms. The second kappa shape index (κ2) is 5.47. The van der Waals surface area contributed by atoms with Crippen LogP contribution in [0.3, 0.4) is 0 Å². The molecule has 0 aliphatic heterocycles. The molecular weight excluding hydrogens is 240 g/mol. The van der Waals surface area contributed by atoms with Gasteiger partial charge in [-0.3, -0.25) is 0 Å². The molecule has 1 aliphatic carbocycles. The van der Waals surface area contributed by atoms with Gasteiger partial charge in [-0.05, 0) is 49.8 Å². The molecule has 0 atom stereocenters. The summed E-state index contributed by atoms with van der Waals surface area (Å²) in [6, 6.07) is 4.66. The van der Waals surface area contributed by atoms with Gasteiger partial charge in [-0.2, -0.15) is 0 Å². The van der Waals surface area contributed by atoms with Crippen LogP contribution in [0.4, 0.5) is 0 Å². The van der Waals surface area contributed by atoms with Crippen molar-refractivity contribution < 1.29 is 14.6 Å². The summed E-state index contributed by atoms with van der Waals surface area (Å²) in [6.07, 6.45) is 6.50. The van der Waals surface area contributed by atoms with Gasteiger partial charge in [-0.25, -0.2) is 4.79 Å². The number of phenols is 1. The first-order chi connectivity index (χ1) is 9.10. The fourth-order valence-electron chi connectivity index (χ4n) is 2.70. The number of phenolic OH excluding ortho intramolecular Hbond substituents is 1. The maximum Gasteiger partial charge on any atom is 0.339 e. The zero-order valence-electron chi connectivity index (χ0n) is 11.3. The molecule has 3 heteroatoms. The Morgan fingerprint density at radius 3 is 2.74 bits per heavy atom. The summed E-state index contributed by atoms with van der Waals surface area (Å²) in [5.41, 5.74) is 0.753. The van der Waals surface area contributed by atoms with Crippen LogP contribution in [-0.4, -0.2) is 16.7 Å². The molecular formula is C16H20O3. The summed E-state index contributed by atoms with van der Waals surface area (Å²) in [7, 11) is 0. The molecule has 19 heavy (non-hydrogen) atoms. The molecule has 1 fully saturated rings. The van der Waals surface area contributed by atoms with Crippen LogP contribution in [0.15, 0.2) is 24.8 Å². The minimum Gasteiger partial charge on any atom is -0.508 e. The van der Waals surface area contributed by atoms with Crippen molar-refractivity contribution in [2.24, 2.45) is 0 Å². The second-order valence-corrected chi connectivity index (χ2v) is 5.11. The molecule has 0 amide bonds. The first-order valence-electron chi connectivity index (χ1n) is 6.79. The molecule has 0 bridgehead atoms. The number of ether oxygens (including phenoxy) is 1. The lowest BCUT2D eigenvalue weighted by Gasteiger charge is -2.28. The van der Waals surface area contributed by atoms with Crippen LogP contribution in [0.1, 0.15) is 54.9 Å². The summed E-state index contributed by atoms with van der Waals surface area (Å²) in [5, 5.41) is 9.52. The van der Waals surface area contributed by atoms with Gasteiger partial charge in [0.2, 0.25) is 0 Å². The first kappa shape index (κ1) is 13.7. The van der Waals surface area contributed by atoms with Gasteiger partial charge in [0, 0.05) is 0 Å². The fourth-order valence-corrected chi connectivity index (χ4v) is 2.70. The second-order valence-electron chi connectivity index (χ2n) is 5.11. The number of hydrogen-bond donors (Lipinski definition) is 1. The van der Waals surface area contributed by atoms with Crippen LogP contribution in [0.25, 0.3) is 6.08 Å². The van der Waals surface area contributed by atoms with E-state index in [1.807, 2.05) is 0 Å². The maximum atomic E-state index is 12.3. The van der Waals surface area contributed by atoms with E-state index >= 15 is 0 Å². The van der Waals surface area contributed by atoms with Gasteiger partial charge in [0.1, 0.15) is 11.4 Å². The van der Waals surface area contributed by atoms with Gasteiger partial charge in [-0.1, -0.05) is 25.6 Å². The fraction of sp³-hybridized carbons (Fsp3) is 0.438. The molecule has 0 heterocycles. The van der Waals surface area contributed by atoms with Crippen LogP contribution in [0, 0.1) is 0 Å². The number of benzene rings is 1. The Hall–Kier alpha value is -1.77. The van der Waals surface area contributed by atoms with E-state index in [4.69, 9.17) is 4.74 Å². The van der Waals surface area contributed by atoms with Crippen molar-refractivity contribution in [3.8, 4) is 5.75 Å². The predicted molar refractivity (Wildman–Crippen MR) is 75.1 cm³/mol. The van der Waals surface area contributed by atoms with Crippen molar-refractivity contribution in [1.82, 2.24) is 0 Å². The Bertz CT molecular complexity index is 485. The Labute approximate surface area is 113 Å². The average Bonchev–Trinajstić information content (AvgIpc) is 2.87. The van der Waals surface area contributed by atoms with E-state index in [0.29, 0.717) is 11.1 Å². The van der Waals surface area contributed by atoms with Crippen molar-refractivity contribution in [3.05, 3.63) is 35.9 Å². The number of rotatable bonds is 4. The van der Waals surface area contributed by atoms with E-state index < -0.39 is 0 Å². The van der Waals surface area contributed by atoms with E-state index in [2.05, 4.69) is 13.5 Å². The lowest BCUT2D eigenvalue weighted by molar-refractivity contribution is -0.0172. The topological polar surface area (TPSA) is 46.5 Å². The minimum atomic E-state index is -0.366. The third-order valence-electron chi connectivity index (χ3n) is 3.95. The highest BCUT2D eigenvalue weighted by molar-refractivity contribution is 5.94. The molecule has 102 valence electrons. The summed E-state index contributed by atoms with van der Waals surface area (Å²) < 4.78 is 5.73. The lowest BCUT2D eigenvalue weighted by Crippen LogP contribution is -2.31. The van der Waals surface area contributed by atoms with Crippen molar-refractivity contribution in [2.75, 3.05) is 0 Å². The summed E-state index contributed by atoms with van der Waals surface area (Å²) in [6.45, 7) is 5.73. The van der Waals surface area contributed by atoms with Gasteiger partial charge >= 0.3 is 5.97 Å². The highest BCUT2D eigenvalue weighted by Gasteiger charge is 2.36. The van der Waals surface area contributed by atoms with Gasteiger partial charge in [0.25, 0.3) is 0 Å². The van der Waals surface area contributed by atoms with Crippen molar-refractivity contribution >= 4 is 12.0 Å². The Balaban J connectivity index is 2.24. The third kappa shape index (κ3) is 2.80.